The Morgan fingerprint density at radius 3 is 2.71 bits per heavy atom. The summed E-state index contributed by atoms with van der Waals surface area (Å²) in [6.07, 6.45) is 4.09. The molecule has 0 bridgehead atoms. The van der Waals surface area contributed by atoms with Crippen molar-refractivity contribution in [3.63, 3.8) is 0 Å². The molecule has 0 saturated heterocycles. The predicted molar refractivity (Wildman–Crippen MR) is 88.8 cm³/mol. The van der Waals surface area contributed by atoms with Gasteiger partial charge in [0, 0.05) is 18.8 Å². The summed E-state index contributed by atoms with van der Waals surface area (Å²) < 4.78 is 2.17. The highest BCUT2D eigenvalue weighted by molar-refractivity contribution is 6.20. The number of imidazole rings is 1. The first-order chi connectivity index (χ1) is 10.0. The number of halogens is 1. The van der Waals surface area contributed by atoms with E-state index in [1.807, 2.05) is 25.3 Å². The average Bonchev–Trinajstić information content (AvgIpc) is 2.82. The molecule has 4 nitrogen and oxygen atoms in total. The number of nitrogens with zero attached hydrogens (tertiary/aromatic N) is 4. The van der Waals surface area contributed by atoms with Gasteiger partial charge in [0.1, 0.15) is 11.3 Å². The van der Waals surface area contributed by atoms with Crippen molar-refractivity contribution in [1.29, 1.82) is 0 Å². The van der Waals surface area contributed by atoms with Crippen molar-refractivity contribution >= 4 is 22.8 Å². The zero-order valence-corrected chi connectivity index (χ0v) is 14.1. The minimum Gasteiger partial charge on any atom is -0.311 e. The van der Waals surface area contributed by atoms with Crippen LogP contribution in [0.15, 0.2) is 18.3 Å². The van der Waals surface area contributed by atoms with Crippen LogP contribution >= 0.6 is 11.6 Å². The van der Waals surface area contributed by atoms with Crippen LogP contribution in [0.1, 0.15) is 44.8 Å². The molecule has 2 rings (SSSR count). The number of rotatable bonds is 7. The molecule has 2 aromatic heterocycles. The number of aryl methyl sites for hydroxylation is 1. The van der Waals surface area contributed by atoms with Crippen LogP contribution in [0.25, 0.3) is 11.2 Å². The Balaban J connectivity index is 2.05. The summed E-state index contributed by atoms with van der Waals surface area (Å²) in [5.41, 5.74) is 1.87. The lowest BCUT2D eigenvalue weighted by Gasteiger charge is -2.20. The zero-order chi connectivity index (χ0) is 15.4. The van der Waals surface area contributed by atoms with E-state index in [4.69, 9.17) is 11.6 Å². The third kappa shape index (κ3) is 3.95. The summed E-state index contributed by atoms with van der Waals surface area (Å²) >= 11 is 6.27. The van der Waals surface area contributed by atoms with Gasteiger partial charge in [-0.25, -0.2) is 9.97 Å². The second kappa shape index (κ2) is 7.23. The first kappa shape index (κ1) is 16.2. The fraction of sp³-hybridized carbons (Fsp3) is 0.625. The number of unbranched alkanes of at least 4 members (excludes halogenated alkanes) is 1. The minimum atomic E-state index is -0.0995. The maximum atomic E-state index is 6.27. The van der Waals surface area contributed by atoms with Gasteiger partial charge in [0.05, 0.1) is 5.38 Å². The highest BCUT2D eigenvalue weighted by Crippen LogP contribution is 2.23. The van der Waals surface area contributed by atoms with Crippen LogP contribution in [0.5, 0.6) is 0 Å². The molecule has 0 saturated carbocycles. The van der Waals surface area contributed by atoms with E-state index in [0.29, 0.717) is 6.04 Å². The molecule has 1 atom stereocenters. The van der Waals surface area contributed by atoms with Gasteiger partial charge in [0.2, 0.25) is 0 Å². The van der Waals surface area contributed by atoms with Crippen molar-refractivity contribution < 1.29 is 0 Å². The van der Waals surface area contributed by atoms with Crippen LogP contribution in [0, 0.1) is 0 Å². The molecule has 0 aromatic carbocycles. The molecule has 116 valence electrons. The van der Waals surface area contributed by atoms with Crippen molar-refractivity contribution in [1.82, 2.24) is 19.4 Å². The molecule has 0 aliphatic rings. The van der Waals surface area contributed by atoms with Crippen LogP contribution in [0.3, 0.4) is 0 Å². The van der Waals surface area contributed by atoms with Gasteiger partial charge in [-0.2, -0.15) is 0 Å². The summed E-state index contributed by atoms with van der Waals surface area (Å²) in [5, 5.41) is -0.0995. The molecule has 0 radical (unpaired) electrons. The number of fused-ring (bicyclic) bond motifs is 1. The van der Waals surface area contributed by atoms with Crippen molar-refractivity contribution in [3.8, 4) is 0 Å². The lowest BCUT2D eigenvalue weighted by Crippen LogP contribution is -2.27. The maximum Gasteiger partial charge on any atom is 0.160 e. The highest BCUT2D eigenvalue weighted by Gasteiger charge is 2.15. The molecule has 0 aliphatic heterocycles. The van der Waals surface area contributed by atoms with E-state index in [0.717, 1.165) is 42.9 Å². The normalized spacial score (nSPS) is 13.5. The molecule has 2 aromatic rings. The lowest BCUT2D eigenvalue weighted by atomic mass is 10.2. The van der Waals surface area contributed by atoms with Crippen molar-refractivity contribution in [2.24, 2.45) is 0 Å². The van der Waals surface area contributed by atoms with E-state index < -0.39 is 0 Å². The Labute approximate surface area is 132 Å². The number of alkyl halides is 1. The van der Waals surface area contributed by atoms with Gasteiger partial charge >= 0.3 is 0 Å². The number of pyridine rings is 1. The van der Waals surface area contributed by atoms with Crippen molar-refractivity contribution in [2.45, 2.75) is 51.6 Å². The smallest absolute Gasteiger partial charge is 0.160 e. The van der Waals surface area contributed by atoms with Crippen LogP contribution in [-0.4, -0.2) is 39.1 Å². The zero-order valence-electron chi connectivity index (χ0n) is 13.4. The van der Waals surface area contributed by atoms with Gasteiger partial charge in [-0.15, -0.1) is 11.6 Å². The molecule has 5 heteroatoms. The van der Waals surface area contributed by atoms with Gasteiger partial charge in [-0.05, 0) is 59.3 Å². The van der Waals surface area contributed by atoms with Gasteiger partial charge in [0.15, 0.2) is 5.65 Å². The first-order valence-corrected chi connectivity index (χ1v) is 8.09. The predicted octanol–water partition coefficient (Wildman–Crippen LogP) is 3.85. The number of hydrogen-bond acceptors (Lipinski definition) is 3. The third-order valence-electron chi connectivity index (χ3n) is 3.91. The van der Waals surface area contributed by atoms with Gasteiger partial charge in [0.25, 0.3) is 0 Å². The summed E-state index contributed by atoms with van der Waals surface area (Å²) in [6, 6.07) is 4.51. The Morgan fingerprint density at radius 1 is 1.29 bits per heavy atom. The Bertz CT molecular complexity index is 577. The summed E-state index contributed by atoms with van der Waals surface area (Å²) in [7, 11) is 2.17. The molecular formula is C16H25ClN4. The Morgan fingerprint density at radius 2 is 2.05 bits per heavy atom. The largest absolute Gasteiger partial charge is 0.311 e. The number of hydrogen-bond donors (Lipinski definition) is 0. The second-order valence-corrected chi connectivity index (χ2v) is 6.52. The average molecular weight is 309 g/mol. The van der Waals surface area contributed by atoms with E-state index in [-0.39, 0.29) is 5.38 Å². The topological polar surface area (TPSA) is 34.0 Å². The molecule has 0 N–H and O–H groups in total. The molecule has 0 fully saturated rings. The van der Waals surface area contributed by atoms with E-state index in [9.17, 15) is 0 Å². The van der Waals surface area contributed by atoms with Gasteiger partial charge in [-0.1, -0.05) is 0 Å². The van der Waals surface area contributed by atoms with Gasteiger partial charge < -0.3 is 9.47 Å². The Kier molecular flexibility index (Phi) is 5.59. The SMILES string of the molecule is CC(Cl)c1nc2cccnc2n1CCCCN(C)C(C)C. The molecule has 21 heavy (non-hydrogen) atoms. The van der Waals surface area contributed by atoms with Crippen LogP contribution in [-0.2, 0) is 6.54 Å². The standard InChI is InChI=1S/C16H25ClN4/c1-12(2)20(4)10-5-6-11-21-15(13(3)17)19-14-8-7-9-18-16(14)21/h7-9,12-13H,5-6,10-11H2,1-4H3. The quantitative estimate of drug-likeness (QED) is 0.575. The van der Waals surface area contributed by atoms with E-state index in [1.54, 1.807) is 0 Å². The maximum absolute atomic E-state index is 6.27. The van der Waals surface area contributed by atoms with Gasteiger partial charge in [-0.3, -0.25) is 0 Å². The molecule has 0 aliphatic carbocycles. The minimum absolute atomic E-state index is 0.0995. The summed E-state index contributed by atoms with van der Waals surface area (Å²) in [5.74, 6) is 0.919. The number of aromatic nitrogens is 3. The van der Waals surface area contributed by atoms with E-state index >= 15 is 0 Å². The lowest BCUT2D eigenvalue weighted by molar-refractivity contribution is 0.266. The van der Waals surface area contributed by atoms with Crippen LogP contribution in [0.2, 0.25) is 0 Å². The highest BCUT2D eigenvalue weighted by atomic mass is 35.5. The van der Waals surface area contributed by atoms with Crippen LogP contribution in [0.4, 0.5) is 0 Å². The summed E-state index contributed by atoms with van der Waals surface area (Å²) in [4.78, 5) is 11.4. The fourth-order valence-electron chi connectivity index (χ4n) is 2.39. The Hall–Kier alpha value is -1.13. The van der Waals surface area contributed by atoms with E-state index in [2.05, 4.69) is 40.3 Å². The summed E-state index contributed by atoms with van der Waals surface area (Å²) in [6.45, 7) is 8.45. The van der Waals surface area contributed by atoms with Crippen LogP contribution < -0.4 is 0 Å². The third-order valence-corrected chi connectivity index (χ3v) is 4.11. The molecule has 0 spiro atoms. The molecule has 1 unspecified atom stereocenters. The fourth-order valence-corrected chi connectivity index (χ4v) is 2.56. The van der Waals surface area contributed by atoms with E-state index in [1.165, 1.54) is 0 Å². The molecular weight excluding hydrogens is 284 g/mol. The molecule has 2 heterocycles. The molecule has 0 amide bonds. The van der Waals surface area contributed by atoms with Crippen molar-refractivity contribution in [2.75, 3.05) is 13.6 Å². The second-order valence-electron chi connectivity index (χ2n) is 5.87. The van der Waals surface area contributed by atoms with Crippen molar-refractivity contribution in [3.05, 3.63) is 24.2 Å². The monoisotopic (exact) mass is 308 g/mol. The first-order valence-electron chi connectivity index (χ1n) is 7.66.